The van der Waals surface area contributed by atoms with Gasteiger partial charge in [-0.05, 0) is 77.0 Å². The normalized spacial score (nSPS) is 13.3. The van der Waals surface area contributed by atoms with Gasteiger partial charge in [0.05, 0.1) is 0 Å². The quantitative estimate of drug-likeness (QED) is 0.0201. The molecule has 61 heavy (non-hydrogen) atoms. The molecule has 0 aromatic rings. The molecule has 0 fully saturated rings. The van der Waals surface area contributed by atoms with Gasteiger partial charge in [0.15, 0.2) is 6.10 Å². The van der Waals surface area contributed by atoms with E-state index in [-0.39, 0.29) is 37.5 Å². The van der Waals surface area contributed by atoms with Gasteiger partial charge in [0.25, 0.3) is 0 Å². The second-order valence-corrected chi connectivity index (χ2v) is 15.1. The van der Waals surface area contributed by atoms with Crippen LogP contribution in [0.2, 0.25) is 0 Å². The van der Waals surface area contributed by atoms with Crippen molar-refractivity contribution in [3.8, 4) is 0 Å². The van der Waals surface area contributed by atoms with E-state index in [2.05, 4.69) is 51.2 Å². The molecule has 0 aliphatic carbocycles. The molecule has 0 heterocycles. The SMILES string of the molecule is CC\C=C/C=C\C=C/C=C\C=C/CCCCCC(=O)OCC(COC(=O)CCC\C=C/C=C\C=C/C=C\C=C/CC)OC(=O)CCCCCCCCC/C=C\CCCCCC. The third-order valence-corrected chi connectivity index (χ3v) is 9.38. The Kier molecular flexibility index (Phi) is 44.7. The van der Waals surface area contributed by atoms with E-state index in [0.717, 1.165) is 64.2 Å². The summed E-state index contributed by atoms with van der Waals surface area (Å²) in [6, 6.07) is 0. The fourth-order valence-electron chi connectivity index (χ4n) is 5.84. The van der Waals surface area contributed by atoms with Gasteiger partial charge in [-0.2, -0.15) is 0 Å². The van der Waals surface area contributed by atoms with E-state index in [9.17, 15) is 14.4 Å². The second-order valence-electron chi connectivity index (χ2n) is 15.1. The van der Waals surface area contributed by atoms with Crippen molar-refractivity contribution in [2.45, 2.75) is 181 Å². The van der Waals surface area contributed by atoms with E-state index in [1.165, 1.54) is 64.2 Å². The Morgan fingerprint density at radius 1 is 0.344 bits per heavy atom. The molecule has 6 nitrogen and oxygen atoms in total. The first kappa shape index (κ1) is 56.5. The molecule has 0 N–H and O–H groups in total. The first-order valence-electron chi connectivity index (χ1n) is 23.8. The Balaban J connectivity index is 4.61. The summed E-state index contributed by atoms with van der Waals surface area (Å²) in [6.07, 6.45) is 67.2. The molecule has 1 unspecified atom stereocenters. The summed E-state index contributed by atoms with van der Waals surface area (Å²) in [5.41, 5.74) is 0. The summed E-state index contributed by atoms with van der Waals surface area (Å²) in [6.45, 7) is 6.20. The standard InChI is InChI=1S/C55H84O6/c1-4-7-10-13-16-19-22-25-27-30-33-36-39-42-45-48-54(57)60-51-52(50-59-53(56)47-44-41-38-35-32-29-24-21-18-15-12-9-6-3)61-55(58)49-46-43-40-37-34-31-28-26-23-20-17-14-11-8-5-2/h7,9-10,12-13,15-16,18-25,27,29-30,32-33,35,38,52H,4-6,8,11,14,17,26,28,31,34,36-37,39-51H2,1-3H3/b10-7-,12-9-,16-13-,18-15-,22-19-,23-20-,24-21-,27-25-,32-29-,33-30-,38-35-. The van der Waals surface area contributed by atoms with Gasteiger partial charge in [-0.15, -0.1) is 0 Å². The molecule has 0 bridgehead atoms. The Bertz CT molecular complexity index is 1380. The third-order valence-electron chi connectivity index (χ3n) is 9.38. The van der Waals surface area contributed by atoms with Crippen molar-refractivity contribution in [3.05, 3.63) is 134 Å². The van der Waals surface area contributed by atoms with Crippen LogP contribution in [0.4, 0.5) is 0 Å². The van der Waals surface area contributed by atoms with Gasteiger partial charge in [0.1, 0.15) is 13.2 Å². The van der Waals surface area contributed by atoms with Crippen LogP contribution in [0.5, 0.6) is 0 Å². The van der Waals surface area contributed by atoms with E-state index in [1.54, 1.807) is 0 Å². The summed E-state index contributed by atoms with van der Waals surface area (Å²) < 4.78 is 16.6. The monoisotopic (exact) mass is 841 g/mol. The maximum Gasteiger partial charge on any atom is 0.306 e. The van der Waals surface area contributed by atoms with Gasteiger partial charge < -0.3 is 14.2 Å². The van der Waals surface area contributed by atoms with Crippen LogP contribution in [0.25, 0.3) is 0 Å². The van der Waals surface area contributed by atoms with Gasteiger partial charge in [-0.25, -0.2) is 0 Å². The van der Waals surface area contributed by atoms with Crippen LogP contribution in [-0.4, -0.2) is 37.2 Å². The number of ether oxygens (including phenoxy) is 3. The molecule has 1 atom stereocenters. The maximum absolute atomic E-state index is 12.8. The Morgan fingerprint density at radius 2 is 0.672 bits per heavy atom. The van der Waals surface area contributed by atoms with Crippen LogP contribution >= 0.6 is 0 Å². The van der Waals surface area contributed by atoms with Crippen LogP contribution in [0, 0.1) is 0 Å². The van der Waals surface area contributed by atoms with Gasteiger partial charge in [-0.1, -0.05) is 212 Å². The van der Waals surface area contributed by atoms with E-state index in [0.29, 0.717) is 19.3 Å². The van der Waals surface area contributed by atoms with Crippen LogP contribution < -0.4 is 0 Å². The topological polar surface area (TPSA) is 78.9 Å². The van der Waals surface area contributed by atoms with Crippen molar-refractivity contribution in [2.75, 3.05) is 13.2 Å². The van der Waals surface area contributed by atoms with Gasteiger partial charge >= 0.3 is 17.9 Å². The second kappa shape index (κ2) is 48.2. The van der Waals surface area contributed by atoms with Crippen molar-refractivity contribution in [2.24, 2.45) is 0 Å². The number of carbonyl (C=O) groups is 3. The van der Waals surface area contributed by atoms with Crippen LogP contribution in [0.1, 0.15) is 175 Å². The van der Waals surface area contributed by atoms with Crippen LogP contribution in [-0.2, 0) is 28.6 Å². The Hall–Kier alpha value is -4.45. The molecule has 0 aliphatic rings. The lowest BCUT2D eigenvalue weighted by atomic mass is 10.1. The zero-order valence-corrected chi connectivity index (χ0v) is 38.6. The van der Waals surface area contributed by atoms with Gasteiger partial charge in [-0.3, -0.25) is 14.4 Å². The number of esters is 3. The largest absolute Gasteiger partial charge is 0.462 e. The number of rotatable bonds is 40. The average molecular weight is 841 g/mol. The molecule has 0 spiro atoms. The highest BCUT2D eigenvalue weighted by molar-refractivity contribution is 5.71. The Morgan fingerprint density at radius 3 is 1.13 bits per heavy atom. The number of hydrogen-bond donors (Lipinski definition) is 0. The Labute approximate surface area is 373 Å². The van der Waals surface area contributed by atoms with Crippen LogP contribution in [0.3, 0.4) is 0 Å². The van der Waals surface area contributed by atoms with E-state index in [4.69, 9.17) is 14.2 Å². The molecule has 340 valence electrons. The van der Waals surface area contributed by atoms with Crippen molar-refractivity contribution >= 4 is 17.9 Å². The first-order chi connectivity index (χ1) is 30.0. The number of carbonyl (C=O) groups excluding carboxylic acids is 3. The highest BCUT2D eigenvalue weighted by Gasteiger charge is 2.19. The molecule has 6 heteroatoms. The molecule has 0 aromatic heterocycles. The minimum Gasteiger partial charge on any atom is -0.462 e. The summed E-state index contributed by atoms with van der Waals surface area (Å²) in [5.74, 6) is -1.06. The van der Waals surface area contributed by atoms with Gasteiger partial charge in [0, 0.05) is 19.3 Å². The fraction of sp³-hybridized carbons (Fsp3) is 0.545. The zero-order chi connectivity index (χ0) is 44.4. The molecular weight excluding hydrogens is 757 g/mol. The highest BCUT2D eigenvalue weighted by Crippen LogP contribution is 2.13. The predicted molar refractivity (Wildman–Crippen MR) is 260 cm³/mol. The molecule has 0 rings (SSSR count). The van der Waals surface area contributed by atoms with E-state index in [1.807, 2.05) is 103 Å². The molecule has 0 aliphatic heterocycles. The highest BCUT2D eigenvalue weighted by atomic mass is 16.6. The maximum atomic E-state index is 12.8. The predicted octanol–water partition coefficient (Wildman–Crippen LogP) is 15.5. The minimum atomic E-state index is -0.830. The lowest BCUT2D eigenvalue weighted by Crippen LogP contribution is -2.30. The van der Waals surface area contributed by atoms with Crippen molar-refractivity contribution in [1.29, 1.82) is 0 Å². The van der Waals surface area contributed by atoms with Crippen LogP contribution in [0.15, 0.2) is 134 Å². The molecule has 0 saturated heterocycles. The van der Waals surface area contributed by atoms with E-state index >= 15 is 0 Å². The lowest BCUT2D eigenvalue weighted by molar-refractivity contribution is -0.167. The van der Waals surface area contributed by atoms with Gasteiger partial charge in [0.2, 0.25) is 0 Å². The van der Waals surface area contributed by atoms with Crippen molar-refractivity contribution in [1.82, 2.24) is 0 Å². The number of unbranched alkanes of at least 4 members (excludes halogenated alkanes) is 15. The zero-order valence-electron chi connectivity index (χ0n) is 38.6. The van der Waals surface area contributed by atoms with Crippen molar-refractivity contribution < 1.29 is 28.6 Å². The number of hydrogen-bond acceptors (Lipinski definition) is 6. The fourth-order valence-corrected chi connectivity index (χ4v) is 5.84. The third kappa shape index (κ3) is 46.5. The lowest BCUT2D eigenvalue weighted by Gasteiger charge is -2.18. The number of allylic oxidation sites excluding steroid dienone is 22. The first-order valence-corrected chi connectivity index (χ1v) is 23.8. The summed E-state index contributed by atoms with van der Waals surface area (Å²) >= 11 is 0. The summed E-state index contributed by atoms with van der Waals surface area (Å²) in [4.78, 5) is 37.8. The molecular formula is C55H84O6. The molecule has 0 saturated carbocycles. The minimum absolute atomic E-state index is 0.130. The van der Waals surface area contributed by atoms with Crippen molar-refractivity contribution in [3.63, 3.8) is 0 Å². The molecule has 0 radical (unpaired) electrons. The summed E-state index contributed by atoms with van der Waals surface area (Å²) in [7, 11) is 0. The molecule has 0 amide bonds. The molecule has 0 aromatic carbocycles. The summed E-state index contributed by atoms with van der Waals surface area (Å²) in [5, 5.41) is 0. The average Bonchev–Trinajstić information content (AvgIpc) is 3.26. The smallest absolute Gasteiger partial charge is 0.306 e. The van der Waals surface area contributed by atoms with E-state index < -0.39 is 6.10 Å².